The van der Waals surface area contributed by atoms with Gasteiger partial charge in [0, 0.05) is 26.2 Å². The minimum absolute atomic E-state index is 0.0464. The largest absolute Gasteiger partial charge is 0.462 e. The summed E-state index contributed by atoms with van der Waals surface area (Å²) in [6.45, 7) is 7.25. The van der Waals surface area contributed by atoms with E-state index in [1.54, 1.807) is 13.8 Å². The lowest BCUT2D eigenvalue weighted by Gasteiger charge is -2.44. The normalized spacial score (nSPS) is 46.1. The molecule has 2 aliphatic carbocycles. The fourth-order valence-electron chi connectivity index (χ4n) is 5.11. The van der Waals surface area contributed by atoms with Gasteiger partial charge >= 0.3 is 17.9 Å². The quantitative estimate of drug-likeness (QED) is 0.550. The van der Waals surface area contributed by atoms with E-state index in [4.69, 9.17) is 14.2 Å². The van der Waals surface area contributed by atoms with Crippen molar-refractivity contribution < 1.29 is 38.5 Å². The van der Waals surface area contributed by atoms with Gasteiger partial charge < -0.3 is 19.3 Å². The zero-order valence-corrected chi connectivity index (χ0v) is 16.2. The summed E-state index contributed by atoms with van der Waals surface area (Å²) in [6, 6.07) is 0. The van der Waals surface area contributed by atoms with Crippen LogP contribution in [0.2, 0.25) is 0 Å². The van der Waals surface area contributed by atoms with Gasteiger partial charge in [-0.3, -0.25) is 19.2 Å². The Balaban J connectivity index is 2.17. The summed E-state index contributed by atoms with van der Waals surface area (Å²) in [5, 5.41) is 11.0. The minimum atomic E-state index is -1.44. The number of carbonyl (C=O) groups is 4. The average Bonchev–Trinajstić information content (AvgIpc) is 2.94. The van der Waals surface area contributed by atoms with Crippen LogP contribution in [0.1, 0.15) is 47.5 Å². The minimum Gasteiger partial charge on any atom is -0.462 e. The molecule has 0 radical (unpaired) electrons. The van der Waals surface area contributed by atoms with Gasteiger partial charge in [-0.05, 0) is 20.3 Å². The summed E-state index contributed by atoms with van der Waals surface area (Å²) in [5.41, 5.74) is -2.82. The molecule has 1 heterocycles. The van der Waals surface area contributed by atoms with Crippen molar-refractivity contribution >= 4 is 23.7 Å². The van der Waals surface area contributed by atoms with Gasteiger partial charge in [-0.2, -0.15) is 0 Å². The van der Waals surface area contributed by atoms with Crippen molar-refractivity contribution in [1.29, 1.82) is 0 Å². The molecular formula is C19H26O8. The van der Waals surface area contributed by atoms with Crippen molar-refractivity contribution in [2.24, 2.45) is 23.2 Å². The highest BCUT2D eigenvalue weighted by Crippen LogP contribution is 2.55. The number of fused-ring (bicyclic) bond motifs is 3. The van der Waals surface area contributed by atoms with Crippen molar-refractivity contribution in [2.45, 2.75) is 71.4 Å². The second kappa shape index (κ2) is 6.29. The molecule has 2 bridgehead atoms. The first-order valence-electron chi connectivity index (χ1n) is 9.21. The Kier molecular flexibility index (Phi) is 4.61. The van der Waals surface area contributed by atoms with Gasteiger partial charge in [0.05, 0.1) is 17.4 Å². The molecule has 1 saturated heterocycles. The molecule has 1 unspecified atom stereocenters. The molecule has 8 atom stereocenters. The number of aliphatic hydroxyl groups is 1. The second-order valence-corrected chi connectivity index (χ2v) is 8.47. The second-order valence-electron chi connectivity index (χ2n) is 8.47. The Bertz CT molecular complexity index is 698. The van der Waals surface area contributed by atoms with E-state index in [1.165, 1.54) is 20.8 Å². The van der Waals surface area contributed by atoms with Crippen LogP contribution >= 0.6 is 0 Å². The van der Waals surface area contributed by atoms with Gasteiger partial charge in [-0.1, -0.05) is 6.92 Å². The molecule has 8 nitrogen and oxygen atoms in total. The molecule has 0 aromatic rings. The van der Waals surface area contributed by atoms with Crippen molar-refractivity contribution in [2.75, 3.05) is 0 Å². The summed E-state index contributed by atoms with van der Waals surface area (Å²) in [4.78, 5) is 49.1. The van der Waals surface area contributed by atoms with E-state index in [0.29, 0.717) is 0 Å². The first-order chi connectivity index (χ1) is 12.4. The van der Waals surface area contributed by atoms with Crippen molar-refractivity contribution in [1.82, 2.24) is 0 Å². The number of Topliss-reactive ketones (excluding diaryl/α,β-unsaturated/α-hetero) is 1. The highest BCUT2D eigenvalue weighted by atomic mass is 16.6. The molecule has 27 heavy (non-hydrogen) atoms. The molecule has 1 aliphatic heterocycles. The van der Waals surface area contributed by atoms with Crippen LogP contribution < -0.4 is 0 Å². The van der Waals surface area contributed by atoms with E-state index in [0.717, 1.165) is 0 Å². The highest BCUT2D eigenvalue weighted by molar-refractivity contribution is 5.92. The standard InChI is InChI=1S/C19H26O8/c1-8-14-12(27-17(8)23)7-18(4,24)11-6-13(25-9(2)20)19(5,15(11)22)16(14)26-10(3)21/h8,11-14,16,24H,6-7H2,1-5H3/t8-,11+,12+,13-,14+,16-,18+,19?/m0/s1. The Labute approximate surface area is 157 Å². The molecule has 3 fully saturated rings. The molecule has 8 heteroatoms. The van der Waals surface area contributed by atoms with Crippen molar-refractivity contribution in [3.63, 3.8) is 0 Å². The van der Waals surface area contributed by atoms with Crippen LogP contribution in [0.15, 0.2) is 0 Å². The Morgan fingerprint density at radius 3 is 2.30 bits per heavy atom. The number of esters is 3. The van der Waals surface area contributed by atoms with Crippen LogP contribution in [0.25, 0.3) is 0 Å². The van der Waals surface area contributed by atoms with Gasteiger partial charge in [0.25, 0.3) is 0 Å². The summed E-state index contributed by atoms with van der Waals surface area (Å²) in [6.07, 6.45) is -2.39. The van der Waals surface area contributed by atoms with Gasteiger partial charge in [-0.25, -0.2) is 0 Å². The van der Waals surface area contributed by atoms with E-state index in [1.807, 2.05) is 0 Å². The molecule has 2 saturated carbocycles. The number of hydrogen-bond donors (Lipinski definition) is 1. The van der Waals surface area contributed by atoms with Crippen LogP contribution in [0.5, 0.6) is 0 Å². The zero-order chi connectivity index (χ0) is 20.3. The maximum absolute atomic E-state index is 13.4. The maximum atomic E-state index is 13.4. The smallest absolute Gasteiger partial charge is 0.309 e. The number of carbonyl (C=O) groups excluding carboxylic acids is 4. The number of rotatable bonds is 2. The van der Waals surface area contributed by atoms with Crippen LogP contribution in [0.3, 0.4) is 0 Å². The van der Waals surface area contributed by atoms with E-state index in [2.05, 4.69) is 0 Å². The van der Waals surface area contributed by atoms with Gasteiger partial charge in [0.1, 0.15) is 23.7 Å². The Morgan fingerprint density at radius 1 is 1.15 bits per heavy atom. The van der Waals surface area contributed by atoms with Crippen molar-refractivity contribution in [3.05, 3.63) is 0 Å². The third kappa shape index (κ3) is 2.94. The van der Waals surface area contributed by atoms with Crippen molar-refractivity contribution in [3.8, 4) is 0 Å². The van der Waals surface area contributed by atoms with Crippen LogP contribution in [-0.2, 0) is 33.4 Å². The molecule has 3 rings (SSSR count). The summed E-state index contributed by atoms with van der Waals surface area (Å²) < 4.78 is 16.5. The fourth-order valence-corrected chi connectivity index (χ4v) is 5.11. The Hall–Kier alpha value is -1.96. The molecular weight excluding hydrogens is 356 g/mol. The van der Waals surface area contributed by atoms with Crippen LogP contribution in [0.4, 0.5) is 0 Å². The van der Waals surface area contributed by atoms with Gasteiger partial charge in [0.15, 0.2) is 5.78 Å². The molecule has 150 valence electrons. The van der Waals surface area contributed by atoms with E-state index >= 15 is 0 Å². The zero-order valence-electron chi connectivity index (χ0n) is 16.2. The third-order valence-electron chi connectivity index (χ3n) is 6.52. The molecule has 3 aliphatic rings. The molecule has 0 spiro atoms. The molecule has 0 aromatic carbocycles. The lowest BCUT2D eigenvalue weighted by Crippen LogP contribution is -2.57. The molecule has 0 amide bonds. The van der Waals surface area contributed by atoms with E-state index in [-0.39, 0.29) is 18.6 Å². The lowest BCUT2D eigenvalue weighted by molar-refractivity contribution is -0.181. The topological polar surface area (TPSA) is 116 Å². The summed E-state index contributed by atoms with van der Waals surface area (Å²) >= 11 is 0. The first-order valence-corrected chi connectivity index (χ1v) is 9.21. The summed E-state index contributed by atoms with van der Waals surface area (Å²) in [5.74, 6) is -4.03. The first kappa shape index (κ1) is 19.8. The lowest BCUT2D eigenvalue weighted by atomic mass is 9.65. The SMILES string of the molecule is CC(=O)O[C@H]1C[C@@H]2C(=O)C1(C)[C@@H](OC(C)=O)[C@@H]1[C@H](C)C(=O)O[C@@H]1C[C@@]2(C)O. The van der Waals surface area contributed by atoms with Crippen LogP contribution in [0, 0.1) is 23.2 Å². The van der Waals surface area contributed by atoms with Crippen LogP contribution in [-0.4, -0.2) is 52.7 Å². The fraction of sp³-hybridized carbons (Fsp3) is 0.789. The predicted octanol–water partition coefficient (Wildman–Crippen LogP) is 0.777. The Morgan fingerprint density at radius 2 is 1.74 bits per heavy atom. The van der Waals surface area contributed by atoms with Gasteiger partial charge in [-0.15, -0.1) is 0 Å². The molecule has 0 aromatic heterocycles. The van der Waals surface area contributed by atoms with E-state index < -0.39 is 65.0 Å². The number of ether oxygens (including phenoxy) is 3. The third-order valence-corrected chi connectivity index (χ3v) is 6.52. The van der Waals surface area contributed by atoms with Gasteiger partial charge in [0.2, 0.25) is 0 Å². The monoisotopic (exact) mass is 382 g/mol. The van der Waals surface area contributed by atoms with E-state index in [9.17, 15) is 24.3 Å². The molecule has 1 N–H and O–H groups in total. The summed E-state index contributed by atoms with van der Waals surface area (Å²) in [7, 11) is 0. The number of hydrogen-bond acceptors (Lipinski definition) is 8. The maximum Gasteiger partial charge on any atom is 0.309 e. The predicted molar refractivity (Wildman–Crippen MR) is 90.1 cm³/mol. The average molecular weight is 382 g/mol. The highest BCUT2D eigenvalue weighted by Gasteiger charge is 2.69. The number of ketones is 1.